The number of nitrogens with one attached hydrogen (secondary N) is 3. The Balaban J connectivity index is 1.59. The molecule has 9 nitrogen and oxygen atoms in total. The Kier molecular flexibility index (Phi) is 7.21. The number of aromatic nitrogens is 1. The first-order chi connectivity index (χ1) is 14.5. The van der Waals surface area contributed by atoms with Gasteiger partial charge in [-0.15, -0.1) is 0 Å². The first-order valence-electron chi connectivity index (χ1n) is 9.71. The fourth-order valence-electron chi connectivity index (χ4n) is 3.38. The Hall–Kier alpha value is -3.17. The van der Waals surface area contributed by atoms with Crippen LogP contribution in [0.25, 0.3) is 0 Å². The van der Waals surface area contributed by atoms with Crippen LogP contribution < -0.4 is 16.4 Å². The smallest absolute Gasteiger partial charge is 0.320 e. The van der Waals surface area contributed by atoms with E-state index in [1.807, 2.05) is 35.2 Å². The van der Waals surface area contributed by atoms with Crippen LogP contribution in [0.4, 0.5) is 16.3 Å². The maximum absolute atomic E-state index is 12.4. The molecule has 1 atom stereocenters. The molecule has 2 aromatic rings. The van der Waals surface area contributed by atoms with Gasteiger partial charge in [-0.2, -0.15) is 0 Å². The molecule has 160 valence electrons. The van der Waals surface area contributed by atoms with Crippen LogP contribution in [0.5, 0.6) is 0 Å². The zero-order chi connectivity index (χ0) is 21.5. The second kappa shape index (κ2) is 10.0. The zero-order valence-electron chi connectivity index (χ0n) is 17.2. The molecule has 0 spiro atoms. The number of carbonyl (C=O) groups is 1. The van der Waals surface area contributed by atoms with Crippen LogP contribution in [-0.2, 0) is 9.47 Å². The number of hydrogen-bond donors (Lipinski definition) is 4. The molecule has 0 saturated carbocycles. The number of anilines is 2. The molecule has 1 aromatic carbocycles. The average Bonchev–Trinajstić information content (AvgIpc) is 2.70. The molecule has 0 aliphatic carbocycles. The fourth-order valence-corrected chi connectivity index (χ4v) is 3.38. The van der Waals surface area contributed by atoms with Crippen molar-refractivity contribution in [3.8, 4) is 0 Å². The van der Waals surface area contributed by atoms with Crippen LogP contribution in [0.3, 0.4) is 0 Å². The highest BCUT2D eigenvalue weighted by Gasteiger charge is 2.30. The van der Waals surface area contributed by atoms with Crippen molar-refractivity contribution in [2.24, 2.45) is 5.92 Å². The number of benzene rings is 1. The topological polar surface area (TPSA) is 126 Å². The molecule has 5 N–H and O–H groups in total. The Labute approximate surface area is 176 Å². The third-order valence-electron chi connectivity index (χ3n) is 4.95. The maximum Gasteiger partial charge on any atom is 0.320 e. The lowest BCUT2D eigenvalue weighted by atomic mass is 9.99. The minimum absolute atomic E-state index is 0.299. The van der Waals surface area contributed by atoms with Crippen molar-refractivity contribution in [2.45, 2.75) is 6.04 Å². The highest BCUT2D eigenvalue weighted by molar-refractivity contribution is 6.02. The van der Waals surface area contributed by atoms with E-state index in [2.05, 4.69) is 15.6 Å². The van der Waals surface area contributed by atoms with E-state index in [-0.39, 0.29) is 6.04 Å². The van der Waals surface area contributed by atoms with E-state index in [0.29, 0.717) is 42.0 Å². The normalized spacial score (nSPS) is 14.7. The van der Waals surface area contributed by atoms with Gasteiger partial charge in [0.2, 0.25) is 0 Å². The predicted octanol–water partition coefficient (Wildman–Crippen LogP) is 2.08. The number of amides is 2. The first-order valence-corrected chi connectivity index (χ1v) is 9.71. The van der Waals surface area contributed by atoms with Crippen molar-refractivity contribution in [1.82, 2.24) is 15.2 Å². The second-order valence-electron chi connectivity index (χ2n) is 7.25. The van der Waals surface area contributed by atoms with Gasteiger partial charge in [0.15, 0.2) is 0 Å². The van der Waals surface area contributed by atoms with Gasteiger partial charge in [-0.1, -0.05) is 30.3 Å². The number of nitrogen functional groups attached to an aromatic ring is 1. The summed E-state index contributed by atoms with van der Waals surface area (Å²) in [5.41, 5.74) is 7.99. The number of hydrogen-bond acceptors (Lipinski definition) is 6. The van der Waals surface area contributed by atoms with Crippen LogP contribution in [0, 0.1) is 11.3 Å². The summed E-state index contributed by atoms with van der Waals surface area (Å²) in [7, 11) is 3.26. The van der Waals surface area contributed by atoms with Gasteiger partial charge in [0, 0.05) is 51.2 Å². The minimum Gasteiger partial charge on any atom is -0.398 e. The molecular weight excluding hydrogens is 384 g/mol. The summed E-state index contributed by atoms with van der Waals surface area (Å²) in [5.74, 6) is 1.07. The van der Waals surface area contributed by atoms with Gasteiger partial charge in [0.1, 0.15) is 11.7 Å². The number of likely N-dealkylation sites (tertiary alicyclic amines) is 1. The lowest BCUT2D eigenvalue weighted by Gasteiger charge is -2.40. The number of nitrogens with two attached hydrogens (primary N) is 1. The summed E-state index contributed by atoms with van der Waals surface area (Å²) in [6, 6.07) is 10.4. The summed E-state index contributed by atoms with van der Waals surface area (Å²) >= 11 is 0. The summed E-state index contributed by atoms with van der Waals surface area (Å²) in [4.78, 5) is 18.6. The fraction of sp³-hybridized carbons (Fsp3) is 0.381. The Morgan fingerprint density at radius 1 is 1.30 bits per heavy atom. The van der Waals surface area contributed by atoms with Crippen molar-refractivity contribution in [1.29, 1.82) is 5.41 Å². The molecule has 1 saturated heterocycles. The van der Waals surface area contributed by atoms with Gasteiger partial charge in [-0.25, -0.2) is 9.78 Å². The molecule has 1 aromatic heterocycles. The standard InChI is InChI=1S/C21H28N6O3/c1-29-12-14-10-27(11-14)20(23)16-9-24-19(8-17(16)22)26-21(28)25-18(13-30-2)15-6-4-3-5-7-15/h3-9,14,18,23H,10-13H2,1-2H3,(H4,22,24,25,26,28)/t18-/m1/s1. The van der Waals surface area contributed by atoms with Crippen molar-refractivity contribution >= 4 is 23.4 Å². The van der Waals surface area contributed by atoms with E-state index in [1.54, 1.807) is 20.3 Å². The van der Waals surface area contributed by atoms with Crippen molar-refractivity contribution in [2.75, 3.05) is 51.6 Å². The van der Waals surface area contributed by atoms with Gasteiger partial charge < -0.3 is 25.4 Å². The number of amidine groups is 1. The largest absolute Gasteiger partial charge is 0.398 e. The van der Waals surface area contributed by atoms with Crippen LogP contribution in [0.15, 0.2) is 42.6 Å². The second-order valence-corrected chi connectivity index (χ2v) is 7.25. The van der Waals surface area contributed by atoms with Crippen LogP contribution >= 0.6 is 0 Å². The van der Waals surface area contributed by atoms with Crippen LogP contribution in [-0.4, -0.2) is 62.3 Å². The summed E-state index contributed by atoms with van der Waals surface area (Å²) < 4.78 is 10.4. The molecule has 0 radical (unpaired) electrons. The summed E-state index contributed by atoms with van der Waals surface area (Å²) in [5, 5.41) is 13.9. The maximum atomic E-state index is 12.4. The zero-order valence-corrected chi connectivity index (χ0v) is 17.2. The third-order valence-corrected chi connectivity index (χ3v) is 4.95. The average molecular weight is 412 g/mol. The highest BCUT2D eigenvalue weighted by Crippen LogP contribution is 2.23. The van der Waals surface area contributed by atoms with E-state index in [4.69, 9.17) is 20.6 Å². The van der Waals surface area contributed by atoms with E-state index in [0.717, 1.165) is 18.7 Å². The molecule has 1 fully saturated rings. The van der Waals surface area contributed by atoms with Crippen molar-refractivity contribution in [3.63, 3.8) is 0 Å². The Bertz CT molecular complexity index is 870. The van der Waals surface area contributed by atoms with Gasteiger partial charge in [0.25, 0.3) is 0 Å². The van der Waals surface area contributed by atoms with E-state index in [1.165, 1.54) is 6.20 Å². The summed E-state index contributed by atoms with van der Waals surface area (Å²) in [6.07, 6.45) is 1.51. The SMILES string of the molecule is COCC1CN(C(=N)c2cnc(NC(=O)N[C@H](COC)c3ccccc3)cc2N)C1. The Morgan fingerprint density at radius 2 is 2.03 bits per heavy atom. The lowest BCUT2D eigenvalue weighted by molar-refractivity contribution is 0.0755. The number of methoxy groups -OCH3 is 2. The molecule has 0 bridgehead atoms. The molecule has 30 heavy (non-hydrogen) atoms. The molecule has 2 heterocycles. The quantitative estimate of drug-likeness (QED) is 0.389. The lowest BCUT2D eigenvalue weighted by Crippen LogP contribution is -2.51. The molecule has 2 amide bonds. The monoisotopic (exact) mass is 412 g/mol. The van der Waals surface area contributed by atoms with Crippen molar-refractivity contribution in [3.05, 3.63) is 53.7 Å². The van der Waals surface area contributed by atoms with Gasteiger partial charge in [-0.05, 0) is 5.56 Å². The van der Waals surface area contributed by atoms with Crippen molar-refractivity contribution < 1.29 is 14.3 Å². The predicted molar refractivity (Wildman–Crippen MR) is 116 cm³/mol. The van der Waals surface area contributed by atoms with Gasteiger partial charge in [-0.3, -0.25) is 10.7 Å². The molecule has 1 aliphatic heterocycles. The van der Waals surface area contributed by atoms with Gasteiger partial charge in [0.05, 0.1) is 24.8 Å². The minimum atomic E-state index is -0.416. The number of rotatable bonds is 8. The third kappa shape index (κ3) is 5.25. The molecule has 1 aliphatic rings. The number of pyridine rings is 1. The number of urea groups is 1. The first kappa shape index (κ1) is 21.5. The molecule has 3 rings (SSSR count). The molecule has 0 unspecified atom stereocenters. The Morgan fingerprint density at radius 3 is 2.67 bits per heavy atom. The molecular formula is C21H28N6O3. The van der Waals surface area contributed by atoms with E-state index in [9.17, 15) is 4.79 Å². The summed E-state index contributed by atoms with van der Waals surface area (Å²) in [6.45, 7) is 2.54. The van der Waals surface area contributed by atoms with Gasteiger partial charge >= 0.3 is 6.03 Å². The van der Waals surface area contributed by atoms with Crippen LogP contribution in [0.2, 0.25) is 0 Å². The number of ether oxygens (including phenoxy) is 2. The number of nitrogens with zero attached hydrogens (tertiary/aromatic N) is 2. The van der Waals surface area contributed by atoms with E-state index < -0.39 is 6.03 Å². The van der Waals surface area contributed by atoms with Crippen LogP contribution in [0.1, 0.15) is 17.2 Å². The molecule has 9 heteroatoms. The number of carbonyl (C=O) groups excluding carboxylic acids is 1. The highest BCUT2D eigenvalue weighted by atomic mass is 16.5. The van der Waals surface area contributed by atoms with E-state index >= 15 is 0 Å².